The van der Waals surface area contributed by atoms with Gasteiger partial charge in [-0.15, -0.1) is 22.0 Å². The number of benzene rings is 2. The number of aromatic carboxylic acids is 1. The van der Waals surface area contributed by atoms with Gasteiger partial charge in [-0.3, -0.25) is 4.79 Å². The molecular formula is C21H22N4O3S2. The van der Waals surface area contributed by atoms with Crippen molar-refractivity contribution in [1.29, 1.82) is 0 Å². The average molecular weight is 443 g/mol. The lowest BCUT2D eigenvalue weighted by atomic mass is 10.2. The third kappa shape index (κ3) is 5.64. The highest BCUT2D eigenvalue weighted by molar-refractivity contribution is 8.00. The lowest BCUT2D eigenvalue weighted by molar-refractivity contribution is -0.115. The van der Waals surface area contributed by atoms with Crippen molar-refractivity contribution in [2.75, 3.05) is 5.32 Å². The van der Waals surface area contributed by atoms with Gasteiger partial charge in [0.15, 0.2) is 5.16 Å². The van der Waals surface area contributed by atoms with E-state index >= 15 is 0 Å². The number of nitrogens with zero attached hydrogens (tertiary/aromatic N) is 3. The molecule has 0 saturated heterocycles. The smallest absolute Gasteiger partial charge is 0.335 e. The van der Waals surface area contributed by atoms with E-state index < -0.39 is 11.2 Å². The van der Waals surface area contributed by atoms with Gasteiger partial charge in [0, 0.05) is 17.6 Å². The summed E-state index contributed by atoms with van der Waals surface area (Å²) in [6, 6.07) is 14.5. The lowest BCUT2D eigenvalue weighted by Crippen LogP contribution is -2.23. The maximum atomic E-state index is 12.5. The molecule has 2 N–H and O–H groups in total. The number of carbonyl (C=O) groups is 2. The lowest BCUT2D eigenvalue weighted by Gasteiger charge is -2.12. The molecule has 7 nitrogen and oxygen atoms in total. The summed E-state index contributed by atoms with van der Waals surface area (Å²) in [4.78, 5) is 24.8. The molecule has 1 amide bonds. The van der Waals surface area contributed by atoms with Crippen molar-refractivity contribution < 1.29 is 14.7 Å². The van der Waals surface area contributed by atoms with Crippen LogP contribution in [-0.4, -0.2) is 37.0 Å². The Hall–Kier alpha value is -2.78. The molecule has 1 heterocycles. The van der Waals surface area contributed by atoms with Crippen LogP contribution >= 0.6 is 23.5 Å². The molecule has 2 aromatic carbocycles. The van der Waals surface area contributed by atoms with E-state index in [9.17, 15) is 9.59 Å². The maximum absolute atomic E-state index is 12.5. The van der Waals surface area contributed by atoms with Crippen LogP contribution < -0.4 is 5.32 Å². The molecule has 0 fully saturated rings. The summed E-state index contributed by atoms with van der Waals surface area (Å²) in [7, 11) is 1.88. The van der Waals surface area contributed by atoms with Crippen molar-refractivity contribution >= 4 is 41.1 Å². The second-order valence-electron chi connectivity index (χ2n) is 6.69. The Morgan fingerprint density at radius 3 is 2.60 bits per heavy atom. The number of thioether (sulfide) groups is 2. The number of carboxylic acid groups (broad SMARTS) is 1. The fourth-order valence-electron chi connectivity index (χ4n) is 2.54. The van der Waals surface area contributed by atoms with Crippen LogP contribution in [0.15, 0.2) is 58.6 Å². The van der Waals surface area contributed by atoms with Crippen LogP contribution in [0.4, 0.5) is 5.69 Å². The molecule has 0 aliphatic carbocycles. The number of anilines is 1. The fourth-order valence-corrected chi connectivity index (χ4v) is 4.25. The molecule has 3 rings (SSSR count). The zero-order valence-corrected chi connectivity index (χ0v) is 18.5. The zero-order valence-electron chi connectivity index (χ0n) is 16.8. The topological polar surface area (TPSA) is 97.1 Å². The van der Waals surface area contributed by atoms with Crippen molar-refractivity contribution in [3.8, 4) is 0 Å². The van der Waals surface area contributed by atoms with E-state index in [4.69, 9.17) is 5.11 Å². The van der Waals surface area contributed by atoms with Gasteiger partial charge in [-0.1, -0.05) is 35.5 Å². The second-order valence-corrected chi connectivity index (χ2v) is 9.05. The molecule has 0 bridgehead atoms. The number of carbonyl (C=O) groups excluding carboxylic acids is 1. The summed E-state index contributed by atoms with van der Waals surface area (Å²) in [6.07, 6.45) is 0. The summed E-state index contributed by atoms with van der Waals surface area (Å²) >= 11 is 2.98. The normalized spacial score (nSPS) is 11.8. The van der Waals surface area contributed by atoms with Crippen molar-refractivity contribution in [1.82, 2.24) is 14.8 Å². The molecule has 30 heavy (non-hydrogen) atoms. The predicted octanol–water partition coefficient (Wildman–Crippen LogP) is 4.23. The Balaban J connectivity index is 1.59. The number of amides is 1. The van der Waals surface area contributed by atoms with Crippen molar-refractivity contribution in [3.63, 3.8) is 0 Å². The quantitative estimate of drug-likeness (QED) is 0.504. The highest BCUT2D eigenvalue weighted by Crippen LogP contribution is 2.26. The molecule has 1 unspecified atom stereocenters. The Morgan fingerprint density at radius 1 is 1.17 bits per heavy atom. The number of nitrogens with one attached hydrogen (secondary N) is 1. The first kappa shape index (κ1) is 21.9. The van der Waals surface area contributed by atoms with E-state index in [0.29, 0.717) is 16.6 Å². The summed E-state index contributed by atoms with van der Waals surface area (Å²) in [6.45, 7) is 3.83. The minimum atomic E-state index is -1.04. The van der Waals surface area contributed by atoms with Crippen LogP contribution in [0, 0.1) is 6.92 Å². The number of carboxylic acids is 1. The minimum absolute atomic E-state index is 0.122. The highest BCUT2D eigenvalue weighted by atomic mass is 32.2. The molecule has 0 radical (unpaired) electrons. The van der Waals surface area contributed by atoms with Crippen LogP contribution in [-0.2, 0) is 17.6 Å². The number of aryl methyl sites for hydroxylation is 1. The summed E-state index contributed by atoms with van der Waals surface area (Å²) < 4.78 is 1.89. The molecule has 3 aromatic rings. The molecule has 0 aliphatic rings. The van der Waals surface area contributed by atoms with Gasteiger partial charge in [-0.2, -0.15) is 0 Å². The summed E-state index contributed by atoms with van der Waals surface area (Å²) in [5, 5.41) is 20.5. The Bertz CT molecular complexity index is 1050. The van der Waals surface area contributed by atoms with Gasteiger partial charge in [-0.05, 0) is 44.2 Å². The monoisotopic (exact) mass is 442 g/mol. The number of rotatable bonds is 8. The van der Waals surface area contributed by atoms with E-state index in [2.05, 4.69) is 46.7 Å². The van der Waals surface area contributed by atoms with E-state index in [-0.39, 0.29) is 11.5 Å². The van der Waals surface area contributed by atoms with Crippen LogP contribution in [0.25, 0.3) is 0 Å². The van der Waals surface area contributed by atoms with Crippen LogP contribution in [0.2, 0.25) is 0 Å². The molecule has 0 saturated carbocycles. The summed E-state index contributed by atoms with van der Waals surface area (Å²) in [5.41, 5.74) is 1.79. The molecule has 156 valence electrons. The Labute approximate surface area is 183 Å². The number of hydrogen-bond acceptors (Lipinski definition) is 6. The molecule has 1 atom stereocenters. The van der Waals surface area contributed by atoms with Crippen LogP contribution in [0.3, 0.4) is 0 Å². The summed E-state index contributed by atoms with van der Waals surface area (Å²) in [5.74, 6) is 0.227. The molecule has 0 spiro atoms. The van der Waals surface area contributed by atoms with E-state index in [1.807, 2.05) is 11.6 Å². The third-order valence-electron chi connectivity index (χ3n) is 4.34. The second kappa shape index (κ2) is 9.82. The van der Waals surface area contributed by atoms with Crippen LogP contribution in [0.1, 0.15) is 28.7 Å². The van der Waals surface area contributed by atoms with Gasteiger partial charge in [0.1, 0.15) is 5.82 Å². The fraction of sp³-hybridized carbons (Fsp3) is 0.238. The highest BCUT2D eigenvalue weighted by Gasteiger charge is 2.19. The number of hydrogen-bond donors (Lipinski definition) is 2. The first-order valence-electron chi connectivity index (χ1n) is 9.22. The SMILES string of the molecule is Cc1ccc(SCc2nnc(SC(C)C(=O)Nc3cccc(C(=O)O)c3)n2C)cc1. The van der Waals surface area contributed by atoms with Gasteiger partial charge in [-0.25, -0.2) is 4.79 Å². The van der Waals surface area contributed by atoms with Crippen LogP contribution in [0.5, 0.6) is 0 Å². The largest absolute Gasteiger partial charge is 0.478 e. The molecule has 1 aromatic heterocycles. The van der Waals surface area contributed by atoms with Gasteiger partial charge < -0.3 is 15.0 Å². The molecular weight excluding hydrogens is 420 g/mol. The van der Waals surface area contributed by atoms with Gasteiger partial charge in [0.25, 0.3) is 0 Å². The van der Waals surface area contributed by atoms with Gasteiger partial charge in [0.2, 0.25) is 5.91 Å². The Kier molecular flexibility index (Phi) is 7.17. The van der Waals surface area contributed by atoms with E-state index in [1.165, 1.54) is 29.5 Å². The first-order chi connectivity index (χ1) is 14.3. The van der Waals surface area contributed by atoms with Gasteiger partial charge >= 0.3 is 5.97 Å². The molecule has 0 aliphatic heterocycles. The third-order valence-corrected chi connectivity index (χ3v) is 6.48. The average Bonchev–Trinajstić information content (AvgIpc) is 3.07. The zero-order chi connectivity index (χ0) is 21.7. The van der Waals surface area contributed by atoms with Gasteiger partial charge in [0.05, 0.1) is 16.6 Å². The predicted molar refractivity (Wildman–Crippen MR) is 119 cm³/mol. The standard InChI is InChI=1S/C21H22N4O3S2/c1-13-7-9-17(10-8-13)29-12-18-23-24-21(25(18)3)30-14(2)19(26)22-16-6-4-5-15(11-16)20(27)28/h4-11,14H,12H2,1-3H3,(H,22,26)(H,27,28). The molecule has 9 heteroatoms. The first-order valence-corrected chi connectivity index (χ1v) is 11.1. The number of aromatic nitrogens is 3. The van der Waals surface area contributed by atoms with Crippen molar-refractivity contribution in [2.45, 2.75) is 34.9 Å². The van der Waals surface area contributed by atoms with E-state index in [1.54, 1.807) is 30.8 Å². The van der Waals surface area contributed by atoms with Crippen molar-refractivity contribution in [2.24, 2.45) is 7.05 Å². The maximum Gasteiger partial charge on any atom is 0.335 e. The van der Waals surface area contributed by atoms with Crippen molar-refractivity contribution in [3.05, 3.63) is 65.5 Å². The van der Waals surface area contributed by atoms with E-state index in [0.717, 1.165) is 10.7 Å². The minimum Gasteiger partial charge on any atom is -0.478 e. The Morgan fingerprint density at radius 2 is 1.90 bits per heavy atom.